The number of hydrogen-bond acceptors (Lipinski definition) is 4. The Bertz CT molecular complexity index is 94.9. The molecule has 0 aliphatic heterocycles. The zero-order valence-corrected chi connectivity index (χ0v) is 7.73. The van der Waals surface area contributed by atoms with Crippen molar-refractivity contribution in [2.45, 2.75) is 0 Å². The second-order valence-electron chi connectivity index (χ2n) is 0.408. The molecule has 7 heteroatoms. The monoisotopic (exact) mass is 225 g/mol. The third-order valence-electron chi connectivity index (χ3n) is 0. The molecule has 0 atom stereocenters. The van der Waals surface area contributed by atoms with Crippen LogP contribution in [0.25, 0.3) is 0 Å². The Morgan fingerprint density at radius 2 is 1.14 bits per heavy atom. The topological polar surface area (TPSA) is 80.3 Å². The molecule has 7 heavy (non-hydrogen) atoms. The van der Waals surface area contributed by atoms with E-state index >= 15 is 0 Å². The van der Waals surface area contributed by atoms with Crippen molar-refractivity contribution in [2.75, 3.05) is 0 Å². The van der Waals surface area contributed by atoms with Crippen LogP contribution in [0.3, 0.4) is 0 Å². The van der Waals surface area contributed by atoms with E-state index in [2.05, 4.69) is 0 Å². The molecule has 0 saturated heterocycles. The molecule has 0 bridgehead atoms. The Labute approximate surface area is 77.2 Å². The third kappa shape index (κ3) is 98.2. The van der Waals surface area contributed by atoms with Crippen molar-refractivity contribution in [1.29, 1.82) is 0 Å². The van der Waals surface area contributed by atoms with Gasteiger partial charge >= 0.3 is 50.0 Å². The van der Waals surface area contributed by atoms with Crippen molar-refractivity contribution in [3.05, 3.63) is 0 Å². The molecule has 0 fully saturated rings. The van der Waals surface area contributed by atoms with Crippen LogP contribution < -0.4 is 29.6 Å². The van der Waals surface area contributed by atoms with Gasteiger partial charge in [-0.1, -0.05) is 0 Å². The zero-order valence-electron chi connectivity index (χ0n) is 3.36. The summed E-state index contributed by atoms with van der Waals surface area (Å²) in [6.07, 6.45) is 0. The van der Waals surface area contributed by atoms with E-state index in [-0.39, 0.29) is 50.0 Å². The quantitative estimate of drug-likeness (QED) is 0.237. The Hall–Kier alpha value is 1.53. The van der Waals surface area contributed by atoms with Gasteiger partial charge in [0.05, 0.1) is 0 Å². The minimum atomic E-state index is -5.17. The predicted molar refractivity (Wildman–Crippen MR) is 10.5 cm³/mol. The smallest absolute Gasteiger partial charge is 0.759 e. The summed E-state index contributed by atoms with van der Waals surface area (Å²) in [6, 6.07) is 0. The van der Waals surface area contributed by atoms with Crippen molar-refractivity contribution < 1.29 is 67.5 Å². The van der Waals surface area contributed by atoms with Crippen LogP contribution in [-0.4, -0.2) is 17.5 Å². The van der Waals surface area contributed by atoms with E-state index in [0.29, 0.717) is 0 Å². The Balaban J connectivity index is -0.0000000800. The van der Waals surface area contributed by atoms with Gasteiger partial charge in [0.25, 0.3) is 0 Å². The Morgan fingerprint density at radius 3 is 1.14 bits per heavy atom. The fraction of sp³-hybridized carbons (Fsp3) is 0. The second kappa shape index (κ2) is 5.67. The van der Waals surface area contributed by atoms with Crippen molar-refractivity contribution in [3.8, 4) is 0 Å². The van der Waals surface area contributed by atoms with Crippen molar-refractivity contribution in [1.82, 2.24) is 0 Å². The molecule has 0 unspecified atom stereocenters. The van der Waals surface area contributed by atoms with Crippen LogP contribution in [0, 0.1) is 0 Å². The first kappa shape index (κ1) is 15.8. The first-order valence-corrected chi connectivity index (χ1v) is 2.00. The standard InChI is InChI=1S/Na.H2O4S.Pd/c;1-5(2,3)4;/h;(H2,1,2,3,4);/q+1;;+2/p-2. The fourth-order valence-corrected chi connectivity index (χ4v) is 0. The van der Waals surface area contributed by atoms with Gasteiger partial charge in [-0.05, 0) is 0 Å². The molecule has 0 aliphatic rings. The summed E-state index contributed by atoms with van der Waals surface area (Å²) in [5.74, 6) is 0. The molecule has 40 valence electrons. The van der Waals surface area contributed by atoms with E-state index in [1.807, 2.05) is 0 Å². The first-order chi connectivity index (χ1) is 2.00. The number of hydrogen-bond donors (Lipinski definition) is 0. The molecule has 0 aromatic heterocycles. The maximum absolute atomic E-state index is 8.52. The summed E-state index contributed by atoms with van der Waals surface area (Å²) in [4.78, 5) is 0. The minimum Gasteiger partial charge on any atom is -0.759 e. The van der Waals surface area contributed by atoms with E-state index in [0.717, 1.165) is 0 Å². The fourth-order valence-electron chi connectivity index (χ4n) is 0. The molecular formula is NaO4PdS+. The van der Waals surface area contributed by atoms with Gasteiger partial charge in [0, 0.05) is 10.4 Å². The summed E-state index contributed by atoms with van der Waals surface area (Å²) in [6.45, 7) is 0. The van der Waals surface area contributed by atoms with E-state index in [1.54, 1.807) is 0 Å². The molecule has 0 rings (SSSR count). The summed E-state index contributed by atoms with van der Waals surface area (Å²) in [5, 5.41) is 0. The molecule has 0 spiro atoms. The van der Waals surface area contributed by atoms with Crippen LogP contribution in [0.15, 0.2) is 0 Å². The van der Waals surface area contributed by atoms with Gasteiger partial charge in [0.15, 0.2) is 0 Å². The first-order valence-electron chi connectivity index (χ1n) is 0.667. The largest absolute Gasteiger partial charge is 2.00 e. The van der Waals surface area contributed by atoms with Crippen molar-refractivity contribution in [3.63, 3.8) is 0 Å². The third-order valence-corrected chi connectivity index (χ3v) is 0. The van der Waals surface area contributed by atoms with Crippen LogP contribution in [0.1, 0.15) is 0 Å². The molecule has 0 N–H and O–H groups in total. The van der Waals surface area contributed by atoms with E-state index in [9.17, 15) is 0 Å². The molecule has 4 nitrogen and oxygen atoms in total. The maximum atomic E-state index is 8.52. The SMILES string of the molecule is O=S(=O)([O-])[O-].[Na+].[Pd+2]. The summed E-state index contributed by atoms with van der Waals surface area (Å²) in [7, 11) is -5.17. The van der Waals surface area contributed by atoms with Gasteiger partial charge in [-0.3, -0.25) is 8.42 Å². The molecule has 0 aromatic carbocycles. The summed E-state index contributed by atoms with van der Waals surface area (Å²) >= 11 is 0. The molecule has 0 aliphatic carbocycles. The van der Waals surface area contributed by atoms with Crippen LogP contribution in [0.4, 0.5) is 0 Å². The van der Waals surface area contributed by atoms with E-state index < -0.39 is 10.4 Å². The van der Waals surface area contributed by atoms with Crippen molar-refractivity contribution in [2.24, 2.45) is 0 Å². The van der Waals surface area contributed by atoms with Gasteiger partial charge in [-0.15, -0.1) is 0 Å². The van der Waals surface area contributed by atoms with Gasteiger partial charge in [-0.2, -0.15) is 0 Å². The van der Waals surface area contributed by atoms with Crippen LogP contribution in [-0.2, 0) is 30.8 Å². The molecule has 0 saturated carbocycles. The zero-order chi connectivity index (χ0) is 4.50. The van der Waals surface area contributed by atoms with Gasteiger partial charge in [0.2, 0.25) is 0 Å². The normalized spacial score (nSPS) is 8.29. The average molecular weight is 225 g/mol. The maximum Gasteiger partial charge on any atom is 2.00 e. The van der Waals surface area contributed by atoms with Crippen LogP contribution in [0.2, 0.25) is 0 Å². The van der Waals surface area contributed by atoms with Gasteiger partial charge in [-0.25, -0.2) is 0 Å². The average Bonchev–Trinajstić information content (AvgIpc) is 0.722. The molecular weight excluding hydrogens is 225 g/mol. The predicted octanol–water partition coefficient (Wildman–Crippen LogP) is -4.34. The van der Waals surface area contributed by atoms with Crippen LogP contribution >= 0.6 is 0 Å². The van der Waals surface area contributed by atoms with E-state index in [4.69, 9.17) is 17.5 Å². The minimum absolute atomic E-state index is 0. The van der Waals surface area contributed by atoms with Gasteiger partial charge < -0.3 is 9.11 Å². The summed E-state index contributed by atoms with van der Waals surface area (Å²) < 4.78 is 34.1. The molecule has 0 aromatic rings. The van der Waals surface area contributed by atoms with Gasteiger partial charge in [0.1, 0.15) is 0 Å². The molecule has 0 radical (unpaired) electrons. The molecule has 0 amide bonds. The van der Waals surface area contributed by atoms with Crippen LogP contribution in [0.5, 0.6) is 0 Å². The number of rotatable bonds is 0. The molecule has 0 heterocycles. The van der Waals surface area contributed by atoms with Crippen molar-refractivity contribution >= 4 is 10.4 Å². The summed E-state index contributed by atoms with van der Waals surface area (Å²) in [5.41, 5.74) is 0. The Kier molecular flexibility index (Phi) is 12.8. The second-order valence-corrected chi connectivity index (χ2v) is 1.22. The Morgan fingerprint density at radius 1 is 1.14 bits per heavy atom. The van der Waals surface area contributed by atoms with E-state index in [1.165, 1.54) is 0 Å².